The second-order valence-corrected chi connectivity index (χ2v) is 5.99. The van der Waals surface area contributed by atoms with E-state index in [4.69, 9.17) is 19.4 Å². The zero-order valence-electron chi connectivity index (χ0n) is 16.3. The number of pyridine rings is 1. The molecule has 0 bridgehead atoms. The van der Waals surface area contributed by atoms with Crippen LogP contribution in [0.15, 0.2) is 36.4 Å². The molecule has 5 nitrogen and oxygen atoms in total. The molecule has 0 atom stereocenters. The molecular weight excluding hydrogens is 338 g/mol. The first kappa shape index (κ1) is 18.6. The van der Waals surface area contributed by atoms with Gasteiger partial charge in [-0.3, -0.25) is 0 Å². The van der Waals surface area contributed by atoms with E-state index in [1.807, 2.05) is 69.3 Å². The van der Waals surface area contributed by atoms with E-state index in [-0.39, 0.29) is 0 Å². The summed E-state index contributed by atoms with van der Waals surface area (Å²) in [7, 11) is 3.30. The van der Waals surface area contributed by atoms with E-state index in [2.05, 4.69) is 4.98 Å². The molecule has 0 spiro atoms. The van der Waals surface area contributed by atoms with Gasteiger partial charge in [0.1, 0.15) is 17.2 Å². The van der Waals surface area contributed by atoms with E-state index in [1.165, 1.54) is 0 Å². The SMILES string of the molecule is C/C=c1/c(-c2cccc(OC)c2)nc(-c2ccc(OC)c(C)n2)n/c1=C/C. The van der Waals surface area contributed by atoms with Crippen LogP contribution in [0.1, 0.15) is 19.5 Å². The predicted molar refractivity (Wildman–Crippen MR) is 108 cm³/mol. The van der Waals surface area contributed by atoms with E-state index in [1.54, 1.807) is 14.2 Å². The maximum Gasteiger partial charge on any atom is 0.179 e. The molecule has 0 aliphatic rings. The van der Waals surface area contributed by atoms with Crippen molar-refractivity contribution in [2.75, 3.05) is 14.2 Å². The quantitative estimate of drug-likeness (QED) is 0.715. The normalized spacial score (nSPS) is 12.3. The van der Waals surface area contributed by atoms with Gasteiger partial charge in [-0.25, -0.2) is 15.0 Å². The number of hydrogen-bond donors (Lipinski definition) is 0. The Hall–Kier alpha value is -3.21. The highest BCUT2D eigenvalue weighted by atomic mass is 16.5. The highest BCUT2D eigenvalue weighted by molar-refractivity contribution is 5.66. The molecule has 3 rings (SSSR count). The van der Waals surface area contributed by atoms with Crippen LogP contribution in [0.25, 0.3) is 34.9 Å². The summed E-state index contributed by atoms with van der Waals surface area (Å²) >= 11 is 0. The number of methoxy groups -OCH3 is 2. The summed E-state index contributed by atoms with van der Waals surface area (Å²) < 4.78 is 10.7. The molecule has 2 heterocycles. The molecule has 0 aliphatic carbocycles. The lowest BCUT2D eigenvalue weighted by Gasteiger charge is -2.09. The molecule has 27 heavy (non-hydrogen) atoms. The van der Waals surface area contributed by atoms with Crippen molar-refractivity contribution in [1.82, 2.24) is 15.0 Å². The predicted octanol–water partition coefficient (Wildman–Crippen LogP) is 3.13. The van der Waals surface area contributed by atoms with Crippen LogP contribution in [0.4, 0.5) is 0 Å². The zero-order chi connectivity index (χ0) is 19.4. The number of benzene rings is 1. The maximum absolute atomic E-state index is 5.37. The van der Waals surface area contributed by atoms with E-state index in [0.717, 1.165) is 39.0 Å². The molecule has 0 unspecified atom stereocenters. The standard InChI is InChI=1S/C22H23N3O2/c1-6-17-18(7-2)24-22(19-11-12-20(27-5)14(3)23-19)25-21(17)15-9-8-10-16(13-15)26-4/h6-13H,1-5H3/b17-6+,18-7+. The molecule has 0 aliphatic heterocycles. The molecule has 0 fully saturated rings. The summed E-state index contributed by atoms with van der Waals surface area (Å²) in [5.41, 5.74) is 3.34. The first-order valence-electron chi connectivity index (χ1n) is 8.78. The van der Waals surface area contributed by atoms with Gasteiger partial charge in [0.15, 0.2) is 5.82 Å². The topological polar surface area (TPSA) is 57.1 Å². The minimum absolute atomic E-state index is 0.581. The Bertz CT molecular complexity index is 1090. The lowest BCUT2D eigenvalue weighted by atomic mass is 10.1. The molecule has 138 valence electrons. The summed E-state index contributed by atoms with van der Waals surface area (Å²) in [5.74, 6) is 2.11. The molecule has 2 aromatic heterocycles. The average molecular weight is 361 g/mol. The number of rotatable bonds is 4. The van der Waals surface area contributed by atoms with Crippen molar-refractivity contribution in [3.8, 4) is 34.3 Å². The van der Waals surface area contributed by atoms with Crippen molar-refractivity contribution in [1.29, 1.82) is 0 Å². The minimum Gasteiger partial charge on any atom is -0.497 e. The van der Waals surface area contributed by atoms with Gasteiger partial charge in [0.2, 0.25) is 0 Å². The molecule has 0 radical (unpaired) electrons. The Kier molecular flexibility index (Phi) is 5.50. The number of aromatic nitrogens is 3. The Labute approximate surface area is 159 Å². The second kappa shape index (κ2) is 7.99. The van der Waals surface area contributed by atoms with Gasteiger partial charge in [-0.05, 0) is 45.0 Å². The summed E-state index contributed by atoms with van der Waals surface area (Å²) in [5, 5.41) is 1.86. The molecule has 0 saturated heterocycles. The number of ether oxygens (including phenoxy) is 2. The van der Waals surface area contributed by atoms with E-state index in [0.29, 0.717) is 11.5 Å². The molecule has 0 amide bonds. The van der Waals surface area contributed by atoms with Crippen LogP contribution in [0.5, 0.6) is 11.5 Å². The fourth-order valence-electron chi connectivity index (χ4n) is 2.98. The summed E-state index contributed by atoms with van der Waals surface area (Å²) in [6, 6.07) is 11.6. The number of aryl methyl sites for hydroxylation is 1. The van der Waals surface area contributed by atoms with Gasteiger partial charge >= 0.3 is 0 Å². The van der Waals surface area contributed by atoms with Gasteiger partial charge in [-0.2, -0.15) is 0 Å². The maximum atomic E-state index is 5.37. The molecule has 1 aromatic carbocycles. The number of nitrogens with zero attached hydrogens (tertiary/aromatic N) is 3. The number of hydrogen-bond acceptors (Lipinski definition) is 5. The second-order valence-electron chi connectivity index (χ2n) is 5.99. The van der Waals surface area contributed by atoms with E-state index >= 15 is 0 Å². The van der Waals surface area contributed by atoms with Crippen molar-refractivity contribution in [2.45, 2.75) is 20.8 Å². The third-order valence-corrected chi connectivity index (χ3v) is 4.37. The first-order valence-corrected chi connectivity index (χ1v) is 8.78. The van der Waals surface area contributed by atoms with Crippen LogP contribution in [0, 0.1) is 6.92 Å². The molecule has 5 heteroatoms. The highest BCUT2D eigenvalue weighted by Gasteiger charge is 2.12. The van der Waals surface area contributed by atoms with Crippen molar-refractivity contribution in [2.24, 2.45) is 0 Å². The van der Waals surface area contributed by atoms with Gasteiger partial charge in [0.05, 0.1) is 31.0 Å². The van der Waals surface area contributed by atoms with Crippen molar-refractivity contribution in [3.05, 3.63) is 52.7 Å². The van der Waals surface area contributed by atoms with Crippen molar-refractivity contribution < 1.29 is 9.47 Å². The van der Waals surface area contributed by atoms with Crippen molar-refractivity contribution >= 4 is 12.2 Å². The van der Waals surface area contributed by atoms with Crippen LogP contribution in [-0.2, 0) is 0 Å². The first-order chi connectivity index (χ1) is 13.1. The van der Waals surface area contributed by atoms with E-state index in [9.17, 15) is 0 Å². The fraction of sp³-hybridized carbons (Fsp3) is 0.227. The minimum atomic E-state index is 0.581. The lowest BCUT2D eigenvalue weighted by molar-refractivity contribution is 0.409. The smallest absolute Gasteiger partial charge is 0.179 e. The van der Waals surface area contributed by atoms with Gasteiger partial charge in [0.25, 0.3) is 0 Å². The molecule has 0 saturated carbocycles. The molecule has 3 aromatic rings. The lowest BCUT2D eigenvalue weighted by Crippen LogP contribution is -2.31. The average Bonchev–Trinajstić information content (AvgIpc) is 2.72. The molecule has 0 N–H and O–H groups in total. The van der Waals surface area contributed by atoms with Crippen LogP contribution in [0.3, 0.4) is 0 Å². The monoisotopic (exact) mass is 361 g/mol. The van der Waals surface area contributed by atoms with Crippen LogP contribution in [0.2, 0.25) is 0 Å². The van der Waals surface area contributed by atoms with Crippen LogP contribution >= 0.6 is 0 Å². The fourth-order valence-corrected chi connectivity index (χ4v) is 2.98. The Balaban J connectivity index is 2.28. The van der Waals surface area contributed by atoms with Gasteiger partial charge in [0, 0.05) is 10.8 Å². The summed E-state index contributed by atoms with van der Waals surface area (Å²) in [4.78, 5) is 14.2. The van der Waals surface area contributed by atoms with Crippen LogP contribution < -0.4 is 20.0 Å². The Morgan fingerprint density at radius 2 is 1.70 bits per heavy atom. The third-order valence-electron chi connectivity index (χ3n) is 4.37. The summed E-state index contributed by atoms with van der Waals surface area (Å²) in [6.45, 7) is 5.87. The Morgan fingerprint density at radius 3 is 2.33 bits per heavy atom. The highest BCUT2D eigenvalue weighted by Crippen LogP contribution is 2.23. The van der Waals surface area contributed by atoms with Gasteiger partial charge < -0.3 is 9.47 Å². The van der Waals surface area contributed by atoms with Crippen molar-refractivity contribution in [3.63, 3.8) is 0 Å². The molecular formula is C22H23N3O2. The summed E-state index contributed by atoms with van der Waals surface area (Å²) in [6.07, 6.45) is 4.02. The van der Waals surface area contributed by atoms with E-state index < -0.39 is 0 Å². The largest absolute Gasteiger partial charge is 0.497 e. The van der Waals surface area contributed by atoms with Gasteiger partial charge in [-0.15, -0.1) is 0 Å². The van der Waals surface area contributed by atoms with Gasteiger partial charge in [-0.1, -0.05) is 24.3 Å². The Morgan fingerprint density at radius 1 is 0.889 bits per heavy atom. The van der Waals surface area contributed by atoms with Crippen LogP contribution in [-0.4, -0.2) is 29.2 Å². The third kappa shape index (κ3) is 3.67. The zero-order valence-corrected chi connectivity index (χ0v) is 16.3.